The van der Waals surface area contributed by atoms with E-state index in [0.717, 1.165) is 33.5 Å². The number of allylic oxidation sites excluding steroid dienone is 1. The molecule has 124 valence electrons. The molecule has 0 saturated carbocycles. The molecule has 0 saturated heterocycles. The largest absolute Gasteiger partial charge is 0.355 e. The highest BCUT2D eigenvalue weighted by molar-refractivity contribution is 7.99. The molecule has 0 bridgehead atoms. The second kappa shape index (κ2) is 6.28. The van der Waals surface area contributed by atoms with Gasteiger partial charge in [0.2, 0.25) is 0 Å². The van der Waals surface area contributed by atoms with E-state index in [2.05, 4.69) is 26.5 Å². The summed E-state index contributed by atoms with van der Waals surface area (Å²) in [6, 6.07) is 2.00. The average Bonchev–Trinajstić information content (AvgIpc) is 3.04. The van der Waals surface area contributed by atoms with E-state index in [1.165, 1.54) is 11.8 Å². The van der Waals surface area contributed by atoms with E-state index in [1.807, 2.05) is 33.8 Å². The van der Waals surface area contributed by atoms with Crippen molar-refractivity contribution in [3.8, 4) is 0 Å². The lowest BCUT2D eigenvalue weighted by Crippen LogP contribution is -2.05. The molecule has 0 radical (unpaired) electrons. The lowest BCUT2D eigenvalue weighted by atomic mass is 10.0. The van der Waals surface area contributed by atoms with Gasteiger partial charge in [-0.2, -0.15) is 0 Å². The summed E-state index contributed by atoms with van der Waals surface area (Å²) in [6.07, 6.45) is 1.78. The van der Waals surface area contributed by atoms with Crippen molar-refractivity contribution in [1.82, 2.24) is 19.9 Å². The van der Waals surface area contributed by atoms with Crippen molar-refractivity contribution < 1.29 is 4.79 Å². The molecule has 3 rings (SSSR count). The van der Waals surface area contributed by atoms with Crippen LogP contribution in [0.4, 0.5) is 0 Å². The zero-order valence-corrected chi connectivity index (χ0v) is 15.1. The maximum Gasteiger partial charge on any atom is 0.189 e. The van der Waals surface area contributed by atoms with E-state index in [4.69, 9.17) is 0 Å². The Morgan fingerprint density at radius 1 is 1.29 bits per heavy atom. The molecule has 6 heteroatoms. The molecule has 0 aliphatic heterocycles. The molecule has 0 spiro atoms. The Morgan fingerprint density at radius 3 is 2.71 bits per heavy atom. The van der Waals surface area contributed by atoms with Crippen LogP contribution in [-0.4, -0.2) is 31.5 Å². The summed E-state index contributed by atoms with van der Waals surface area (Å²) in [6.45, 7) is 11.8. The Kier molecular flexibility index (Phi) is 4.32. The van der Waals surface area contributed by atoms with Crippen LogP contribution in [0.5, 0.6) is 0 Å². The molecule has 3 aromatic rings. The van der Waals surface area contributed by atoms with E-state index >= 15 is 0 Å². The number of Topliss-reactive ketones (excluding diaryl/α,β-unsaturated/α-hetero) is 1. The Hall–Kier alpha value is -2.34. The Balaban J connectivity index is 1.77. The minimum absolute atomic E-state index is 0.0534. The fourth-order valence-corrected chi connectivity index (χ4v) is 3.67. The van der Waals surface area contributed by atoms with Crippen LogP contribution in [-0.2, 0) is 0 Å². The van der Waals surface area contributed by atoms with Gasteiger partial charge in [0, 0.05) is 17.5 Å². The first-order valence-electron chi connectivity index (χ1n) is 7.70. The van der Waals surface area contributed by atoms with E-state index in [1.54, 1.807) is 6.20 Å². The number of nitrogens with one attached hydrogen (secondary N) is 2. The van der Waals surface area contributed by atoms with Gasteiger partial charge < -0.3 is 9.97 Å². The summed E-state index contributed by atoms with van der Waals surface area (Å²) in [7, 11) is 0. The van der Waals surface area contributed by atoms with Gasteiger partial charge >= 0.3 is 0 Å². The smallest absolute Gasteiger partial charge is 0.189 e. The van der Waals surface area contributed by atoms with Gasteiger partial charge in [-0.25, -0.2) is 9.97 Å². The molecule has 5 nitrogen and oxygen atoms in total. The standard InChI is InChI=1S/C18H20N4OS/c1-9(2)15-11(4)16(20-12(15)5)14(23)8-24-18-21-13-6-10(3)7-19-17(13)22-18/h6-7,20H,1,8H2,2-5H3,(H,19,21,22). The van der Waals surface area contributed by atoms with Crippen molar-refractivity contribution in [2.75, 3.05) is 5.75 Å². The first kappa shape index (κ1) is 16.5. The second-order valence-electron chi connectivity index (χ2n) is 6.04. The van der Waals surface area contributed by atoms with Gasteiger partial charge in [0.15, 0.2) is 16.6 Å². The maximum atomic E-state index is 12.6. The third-order valence-corrected chi connectivity index (χ3v) is 4.81. The molecule has 0 aliphatic rings. The zero-order chi connectivity index (χ0) is 17.4. The highest BCUT2D eigenvalue weighted by Gasteiger charge is 2.18. The second-order valence-corrected chi connectivity index (χ2v) is 7.01. The Bertz CT molecular complexity index is 951. The highest BCUT2D eigenvalue weighted by Crippen LogP contribution is 2.26. The quantitative estimate of drug-likeness (QED) is 0.539. The van der Waals surface area contributed by atoms with Gasteiger partial charge in [0.05, 0.1) is 17.0 Å². The summed E-state index contributed by atoms with van der Waals surface area (Å²) in [5.41, 5.74) is 7.25. The van der Waals surface area contributed by atoms with Crippen LogP contribution >= 0.6 is 11.8 Å². The number of fused-ring (bicyclic) bond motifs is 1. The molecule has 24 heavy (non-hydrogen) atoms. The monoisotopic (exact) mass is 340 g/mol. The van der Waals surface area contributed by atoms with E-state index < -0.39 is 0 Å². The summed E-state index contributed by atoms with van der Waals surface area (Å²) in [4.78, 5) is 27.7. The summed E-state index contributed by atoms with van der Waals surface area (Å²) >= 11 is 1.39. The minimum Gasteiger partial charge on any atom is -0.355 e. The van der Waals surface area contributed by atoms with Crippen LogP contribution < -0.4 is 0 Å². The maximum absolute atomic E-state index is 12.6. The van der Waals surface area contributed by atoms with Crippen LogP contribution in [0.1, 0.15) is 39.8 Å². The lowest BCUT2D eigenvalue weighted by Gasteiger charge is -2.01. The van der Waals surface area contributed by atoms with Gasteiger partial charge in [-0.3, -0.25) is 4.79 Å². The van der Waals surface area contributed by atoms with Crippen molar-refractivity contribution in [1.29, 1.82) is 0 Å². The van der Waals surface area contributed by atoms with Gasteiger partial charge in [-0.05, 0) is 50.5 Å². The van der Waals surface area contributed by atoms with E-state index in [9.17, 15) is 4.79 Å². The number of nitrogens with zero attached hydrogens (tertiary/aromatic N) is 2. The first-order valence-corrected chi connectivity index (χ1v) is 8.68. The SMILES string of the molecule is C=C(C)c1c(C)[nH]c(C(=O)CSc2nc3ncc(C)cc3[nH]2)c1C. The Labute approximate surface area is 145 Å². The zero-order valence-electron chi connectivity index (χ0n) is 14.3. The molecule has 0 unspecified atom stereocenters. The predicted molar refractivity (Wildman–Crippen MR) is 98.7 cm³/mol. The van der Waals surface area contributed by atoms with Gasteiger partial charge in [0.25, 0.3) is 0 Å². The number of rotatable bonds is 5. The summed E-state index contributed by atoms with van der Waals surface area (Å²) in [5.74, 6) is 0.368. The highest BCUT2D eigenvalue weighted by atomic mass is 32.2. The van der Waals surface area contributed by atoms with Crippen molar-refractivity contribution in [2.24, 2.45) is 0 Å². The van der Waals surface area contributed by atoms with Crippen LogP contribution in [0.25, 0.3) is 16.7 Å². The Morgan fingerprint density at radius 2 is 2.04 bits per heavy atom. The van der Waals surface area contributed by atoms with Crippen LogP contribution in [0.15, 0.2) is 24.0 Å². The summed E-state index contributed by atoms with van der Waals surface area (Å²) < 4.78 is 0. The van der Waals surface area contributed by atoms with Crippen molar-refractivity contribution in [2.45, 2.75) is 32.9 Å². The van der Waals surface area contributed by atoms with E-state index in [0.29, 0.717) is 22.3 Å². The molecule has 0 atom stereocenters. The van der Waals surface area contributed by atoms with E-state index in [-0.39, 0.29) is 5.78 Å². The number of imidazole rings is 1. The average molecular weight is 340 g/mol. The third-order valence-electron chi connectivity index (χ3n) is 3.94. The number of pyridine rings is 1. The minimum atomic E-state index is 0.0534. The number of hydrogen-bond donors (Lipinski definition) is 2. The number of aromatic amines is 2. The van der Waals surface area contributed by atoms with Gasteiger partial charge in [0.1, 0.15) is 0 Å². The number of aromatic nitrogens is 4. The number of aryl methyl sites for hydroxylation is 2. The number of ketones is 1. The molecule has 0 amide bonds. The molecule has 0 aromatic carbocycles. The predicted octanol–water partition coefficient (Wildman–Crippen LogP) is 4.22. The summed E-state index contributed by atoms with van der Waals surface area (Å²) in [5, 5.41) is 0.706. The number of carbonyl (C=O) groups is 1. The first-order chi connectivity index (χ1) is 11.4. The molecule has 0 fully saturated rings. The fourth-order valence-electron chi connectivity index (χ4n) is 2.93. The van der Waals surface area contributed by atoms with Crippen molar-refractivity contribution in [3.63, 3.8) is 0 Å². The topological polar surface area (TPSA) is 74.4 Å². The number of H-pyrrole nitrogens is 2. The molecule has 3 aromatic heterocycles. The molecule has 0 aliphatic carbocycles. The van der Waals surface area contributed by atoms with Crippen molar-refractivity contribution >= 4 is 34.3 Å². The fraction of sp³-hybridized carbons (Fsp3) is 0.278. The third kappa shape index (κ3) is 3.01. The normalized spacial score (nSPS) is 11.2. The molecular weight excluding hydrogens is 320 g/mol. The molecule has 3 heterocycles. The van der Waals surface area contributed by atoms with Crippen LogP contribution in [0.3, 0.4) is 0 Å². The lowest BCUT2D eigenvalue weighted by molar-refractivity contribution is 0.101. The number of carbonyl (C=O) groups excluding carboxylic acids is 1. The van der Waals surface area contributed by atoms with Crippen LogP contribution in [0.2, 0.25) is 0 Å². The molecular formula is C18H20N4OS. The van der Waals surface area contributed by atoms with Crippen molar-refractivity contribution in [3.05, 3.63) is 46.9 Å². The number of hydrogen-bond acceptors (Lipinski definition) is 4. The van der Waals surface area contributed by atoms with Gasteiger partial charge in [-0.1, -0.05) is 18.3 Å². The van der Waals surface area contributed by atoms with Crippen LogP contribution in [0, 0.1) is 20.8 Å². The molecule has 2 N–H and O–H groups in total. The van der Waals surface area contributed by atoms with Gasteiger partial charge in [-0.15, -0.1) is 0 Å². The number of thioether (sulfide) groups is 1.